The summed E-state index contributed by atoms with van der Waals surface area (Å²) in [6.45, 7) is 10.9. The lowest BCUT2D eigenvalue weighted by atomic mass is 9.87. The summed E-state index contributed by atoms with van der Waals surface area (Å²) in [7, 11) is 0. The number of benzene rings is 2. The van der Waals surface area contributed by atoms with Crippen molar-refractivity contribution in [1.82, 2.24) is 0 Å². The molecule has 0 saturated heterocycles. The Hall–Kier alpha value is -3.32. The molecular formula is C26H30O7. The Morgan fingerprint density at radius 2 is 1.73 bits per heavy atom. The lowest BCUT2D eigenvalue weighted by Gasteiger charge is -2.19. The molecular weight excluding hydrogens is 424 g/mol. The minimum Gasteiger partial charge on any atom is -0.479 e. The Morgan fingerprint density at radius 3 is 2.39 bits per heavy atom. The van der Waals surface area contributed by atoms with Crippen LogP contribution in [0.15, 0.2) is 57.9 Å². The summed E-state index contributed by atoms with van der Waals surface area (Å²) in [5.74, 6) is 0.515. The second-order valence-corrected chi connectivity index (χ2v) is 8.59. The molecule has 7 heteroatoms. The fourth-order valence-corrected chi connectivity index (χ4v) is 3.10. The number of carbonyl (C=O) groups is 1. The number of hydrogen-bond donors (Lipinski definition) is 0. The number of fused-ring (bicyclic) bond motifs is 1. The minimum atomic E-state index is -0.825. The Labute approximate surface area is 193 Å². The topological polar surface area (TPSA) is 84.2 Å². The van der Waals surface area contributed by atoms with Gasteiger partial charge in [0.25, 0.3) is 0 Å². The van der Waals surface area contributed by atoms with E-state index < -0.39 is 12.1 Å². The van der Waals surface area contributed by atoms with E-state index in [1.54, 1.807) is 25.1 Å². The molecule has 1 atom stereocenters. The first kappa shape index (κ1) is 24.3. The highest BCUT2D eigenvalue weighted by molar-refractivity contribution is 5.79. The van der Waals surface area contributed by atoms with Gasteiger partial charge in [-0.3, -0.25) is 4.79 Å². The van der Waals surface area contributed by atoms with E-state index in [1.165, 1.54) is 11.8 Å². The zero-order valence-electron chi connectivity index (χ0n) is 19.7. The summed E-state index contributed by atoms with van der Waals surface area (Å²) in [6.07, 6.45) is 0.451. The lowest BCUT2D eigenvalue weighted by molar-refractivity contribution is -0.152. The fourth-order valence-electron chi connectivity index (χ4n) is 3.10. The van der Waals surface area contributed by atoms with E-state index in [9.17, 15) is 9.59 Å². The third-order valence-electron chi connectivity index (χ3n) is 4.98. The molecule has 7 nitrogen and oxygen atoms in total. The van der Waals surface area contributed by atoms with Crippen molar-refractivity contribution in [3.05, 3.63) is 64.5 Å². The molecule has 176 valence electrons. The lowest BCUT2D eigenvalue weighted by Crippen LogP contribution is -2.27. The van der Waals surface area contributed by atoms with Crippen molar-refractivity contribution in [2.45, 2.75) is 46.1 Å². The summed E-state index contributed by atoms with van der Waals surface area (Å²) in [4.78, 5) is 24.9. The highest BCUT2D eigenvalue weighted by Gasteiger charge is 2.18. The molecule has 0 N–H and O–H groups in total. The van der Waals surface area contributed by atoms with Gasteiger partial charge in [-0.1, -0.05) is 32.9 Å². The molecule has 3 aromatic rings. The number of esters is 1. The van der Waals surface area contributed by atoms with Crippen LogP contribution in [-0.4, -0.2) is 31.9 Å². The summed E-state index contributed by atoms with van der Waals surface area (Å²) >= 11 is 0. The van der Waals surface area contributed by atoms with Crippen LogP contribution in [0, 0.1) is 0 Å². The molecule has 2 aromatic carbocycles. The molecule has 0 bridgehead atoms. The summed E-state index contributed by atoms with van der Waals surface area (Å²) in [5.41, 5.74) is 1.22. The van der Waals surface area contributed by atoms with Gasteiger partial charge in [0.1, 0.15) is 30.0 Å². The maximum atomic E-state index is 12.9. The average molecular weight is 455 g/mol. The molecule has 0 saturated carbocycles. The smallest absolute Gasteiger partial charge is 0.347 e. The highest BCUT2D eigenvalue weighted by atomic mass is 16.6. The molecule has 0 unspecified atom stereocenters. The molecule has 0 fully saturated rings. The Bertz CT molecular complexity index is 1140. The predicted octanol–water partition coefficient (Wildman–Crippen LogP) is 5.23. The zero-order valence-corrected chi connectivity index (χ0v) is 19.7. The van der Waals surface area contributed by atoms with Gasteiger partial charge >= 0.3 is 5.97 Å². The third kappa shape index (κ3) is 6.35. The molecule has 1 heterocycles. The van der Waals surface area contributed by atoms with Crippen molar-refractivity contribution >= 4 is 16.9 Å². The van der Waals surface area contributed by atoms with Crippen LogP contribution in [0.3, 0.4) is 0 Å². The van der Waals surface area contributed by atoms with E-state index in [-0.39, 0.29) is 23.2 Å². The van der Waals surface area contributed by atoms with Gasteiger partial charge in [0.2, 0.25) is 11.2 Å². The first-order chi connectivity index (χ1) is 15.7. The van der Waals surface area contributed by atoms with Gasteiger partial charge in [-0.15, -0.1) is 0 Å². The van der Waals surface area contributed by atoms with Crippen LogP contribution in [0.2, 0.25) is 0 Å². The van der Waals surface area contributed by atoms with Gasteiger partial charge in [0, 0.05) is 12.7 Å². The Balaban J connectivity index is 1.70. The minimum absolute atomic E-state index is 0.0258. The number of ether oxygens (including phenoxy) is 4. The maximum Gasteiger partial charge on any atom is 0.347 e. The zero-order chi connectivity index (χ0) is 24.0. The SMILES string of the molecule is CCOCCOC(=O)[C@H](C)Oc1ccc2c(=O)c(Oc3ccc(C(C)(C)C)cc3)coc2c1. The average Bonchev–Trinajstić information content (AvgIpc) is 2.78. The van der Waals surface area contributed by atoms with Crippen molar-refractivity contribution in [3.8, 4) is 17.2 Å². The van der Waals surface area contributed by atoms with Gasteiger partial charge in [-0.05, 0) is 49.1 Å². The van der Waals surface area contributed by atoms with Gasteiger partial charge < -0.3 is 23.4 Å². The Morgan fingerprint density at radius 1 is 1.03 bits per heavy atom. The molecule has 0 aliphatic heterocycles. The molecule has 0 aliphatic rings. The molecule has 33 heavy (non-hydrogen) atoms. The first-order valence-corrected chi connectivity index (χ1v) is 10.9. The van der Waals surface area contributed by atoms with E-state index in [0.717, 1.165) is 0 Å². The third-order valence-corrected chi connectivity index (χ3v) is 4.98. The quantitative estimate of drug-likeness (QED) is 0.323. The van der Waals surface area contributed by atoms with Crippen molar-refractivity contribution in [3.63, 3.8) is 0 Å². The van der Waals surface area contributed by atoms with Crippen molar-refractivity contribution < 1.29 is 28.2 Å². The molecule has 0 spiro atoms. The normalized spacial score (nSPS) is 12.4. The summed E-state index contributed by atoms with van der Waals surface area (Å²) in [6, 6.07) is 12.4. The van der Waals surface area contributed by atoms with Crippen LogP contribution >= 0.6 is 0 Å². The van der Waals surface area contributed by atoms with Crippen LogP contribution < -0.4 is 14.9 Å². The highest BCUT2D eigenvalue weighted by Crippen LogP contribution is 2.27. The van der Waals surface area contributed by atoms with Gasteiger partial charge in [0.15, 0.2) is 6.10 Å². The number of carbonyl (C=O) groups excluding carboxylic acids is 1. The van der Waals surface area contributed by atoms with Crippen LogP contribution in [0.5, 0.6) is 17.2 Å². The van der Waals surface area contributed by atoms with E-state index in [1.807, 2.05) is 31.2 Å². The van der Waals surface area contributed by atoms with Gasteiger partial charge in [-0.25, -0.2) is 4.79 Å². The molecule has 3 rings (SSSR count). The molecule has 0 radical (unpaired) electrons. The van der Waals surface area contributed by atoms with Crippen LogP contribution in [-0.2, 0) is 19.7 Å². The van der Waals surface area contributed by atoms with Crippen LogP contribution in [0.1, 0.15) is 40.2 Å². The largest absolute Gasteiger partial charge is 0.479 e. The van der Waals surface area contributed by atoms with Gasteiger partial charge in [-0.2, -0.15) is 0 Å². The monoisotopic (exact) mass is 454 g/mol. The second kappa shape index (κ2) is 10.5. The predicted molar refractivity (Wildman–Crippen MR) is 125 cm³/mol. The summed E-state index contributed by atoms with van der Waals surface area (Å²) < 4.78 is 27.2. The maximum absolute atomic E-state index is 12.9. The molecule has 0 aliphatic carbocycles. The van der Waals surface area contributed by atoms with E-state index in [0.29, 0.717) is 35.7 Å². The fraction of sp³-hybridized carbons (Fsp3) is 0.385. The summed E-state index contributed by atoms with van der Waals surface area (Å²) in [5, 5.41) is 0.345. The van der Waals surface area contributed by atoms with E-state index in [2.05, 4.69) is 20.8 Å². The van der Waals surface area contributed by atoms with Crippen molar-refractivity contribution in [1.29, 1.82) is 0 Å². The van der Waals surface area contributed by atoms with E-state index >= 15 is 0 Å². The van der Waals surface area contributed by atoms with Crippen molar-refractivity contribution in [2.24, 2.45) is 0 Å². The number of rotatable bonds is 9. The van der Waals surface area contributed by atoms with Crippen molar-refractivity contribution in [2.75, 3.05) is 19.8 Å². The molecule has 0 amide bonds. The first-order valence-electron chi connectivity index (χ1n) is 10.9. The second-order valence-electron chi connectivity index (χ2n) is 8.59. The van der Waals surface area contributed by atoms with E-state index in [4.69, 9.17) is 23.4 Å². The van der Waals surface area contributed by atoms with Gasteiger partial charge in [0.05, 0.1) is 12.0 Å². The number of hydrogen-bond acceptors (Lipinski definition) is 7. The van der Waals surface area contributed by atoms with Crippen LogP contribution in [0.4, 0.5) is 0 Å². The van der Waals surface area contributed by atoms with Crippen LogP contribution in [0.25, 0.3) is 11.0 Å². The Kier molecular flexibility index (Phi) is 7.76. The standard InChI is InChI=1S/C26H30O7/c1-6-29-13-14-30-25(28)17(2)32-20-11-12-21-22(15-20)31-16-23(24(21)27)33-19-9-7-18(8-10-19)26(3,4)5/h7-12,15-17H,6,13-14H2,1-5H3/t17-/m0/s1. The molecule has 1 aromatic heterocycles.